The number of hydrogen-bond acceptors (Lipinski definition) is 4. The summed E-state index contributed by atoms with van der Waals surface area (Å²) in [5.41, 5.74) is 1.57. The first-order valence-electron chi connectivity index (χ1n) is 5.59. The zero-order chi connectivity index (χ0) is 14.3. The van der Waals surface area contributed by atoms with Crippen LogP contribution in [-0.2, 0) is 10.0 Å². The van der Waals surface area contributed by atoms with E-state index < -0.39 is 10.0 Å². The van der Waals surface area contributed by atoms with Crippen molar-refractivity contribution in [2.24, 2.45) is 0 Å². The van der Waals surface area contributed by atoms with Crippen molar-refractivity contribution in [2.75, 3.05) is 11.0 Å². The molecule has 0 bridgehead atoms. The number of benzene rings is 1. The Balaban J connectivity index is 2.11. The molecular weight excluding hydrogens is 302 g/mol. The summed E-state index contributed by atoms with van der Waals surface area (Å²) in [6.45, 7) is 0. The number of sulfonamides is 1. The Labute approximate surface area is 119 Å². The number of nitrogens with one attached hydrogen (secondary N) is 2. The van der Waals surface area contributed by atoms with Crippen molar-refractivity contribution in [1.29, 1.82) is 0 Å². The van der Waals surface area contributed by atoms with Gasteiger partial charge in [-0.2, -0.15) is 5.10 Å². The van der Waals surface area contributed by atoms with E-state index in [-0.39, 0.29) is 0 Å². The third kappa shape index (κ3) is 2.47. The monoisotopic (exact) mass is 311 g/mol. The lowest BCUT2D eigenvalue weighted by Crippen LogP contribution is -2.09. The molecule has 0 aliphatic rings. The molecule has 2 heterocycles. The van der Waals surface area contributed by atoms with Crippen LogP contribution in [0.1, 0.15) is 0 Å². The molecule has 2 aromatic heterocycles. The molecule has 104 valence electrons. The molecule has 0 radical (unpaired) electrons. The fraction of sp³-hybridized carbons (Fsp3) is 0.0909. The lowest BCUT2D eigenvalue weighted by atomic mass is 10.3. The average Bonchev–Trinajstić information content (AvgIpc) is 2.95. The molecule has 20 heavy (non-hydrogen) atoms. The molecular formula is C11H10ClN5O2S. The number of fused-ring (bicyclic) bond motifs is 1. The maximum atomic E-state index is 11.3. The van der Waals surface area contributed by atoms with E-state index in [1.54, 1.807) is 35.3 Å². The molecule has 1 aromatic carbocycles. The molecule has 9 heteroatoms. The minimum Gasteiger partial charge on any atom is -0.322 e. The van der Waals surface area contributed by atoms with Crippen LogP contribution in [0.15, 0.2) is 30.6 Å². The first kappa shape index (κ1) is 12.9. The average molecular weight is 312 g/mol. The maximum absolute atomic E-state index is 11.3. The van der Waals surface area contributed by atoms with Crippen LogP contribution in [0.5, 0.6) is 0 Å². The van der Waals surface area contributed by atoms with E-state index in [0.717, 1.165) is 6.26 Å². The van der Waals surface area contributed by atoms with Crippen LogP contribution < -0.4 is 4.72 Å². The van der Waals surface area contributed by atoms with Crippen molar-refractivity contribution < 1.29 is 8.42 Å². The minimum absolute atomic E-state index is 0.290. The molecule has 0 fully saturated rings. The summed E-state index contributed by atoms with van der Waals surface area (Å²) in [5.74, 6) is 0.526. The number of rotatable bonds is 3. The Kier molecular flexibility index (Phi) is 2.91. The van der Waals surface area contributed by atoms with E-state index >= 15 is 0 Å². The number of H-pyrrole nitrogens is 1. The largest absolute Gasteiger partial charge is 0.322 e. The predicted octanol–water partition coefficient (Wildman–Crippen LogP) is 1.77. The zero-order valence-electron chi connectivity index (χ0n) is 10.3. The van der Waals surface area contributed by atoms with Gasteiger partial charge in [-0.1, -0.05) is 11.6 Å². The van der Waals surface area contributed by atoms with Gasteiger partial charge >= 0.3 is 0 Å². The molecule has 0 atom stereocenters. The van der Waals surface area contributed by atoms with Crippen LogP contribution >= 0.6 is 11.6 Å². The summed E-state index contributed by atoms with van der Waals surface area (Å²) in [6, 6.07) is 4.96. The Hall–Kier alpha value is -2.06. The first-order chi connectivity index (χ1) is 9.42. The number of aromatic amines is 1. The number of halogens is 1. The molecule has 0 amide bonds. The highest BCUT2D eigenvalue weighted by Crippen LogP contribution is 2.28. The smallest absolute Gasteiger partial charge is 0.229 e. The summed E-state index contributed by atoms with van der Waals surface area (Å²) in [4.78, 5) is 7.39. The van der Waals surface area contributed by atoms with Crippen LogP contribution in [0.3, 0.4) is 0 Å². The van der Waals surface area contributed by atoms with Crippen molar-refractivity contribution >= 4 is 38.3 Å². The Morgan fingerprint density at radius 3 is 2.85 bits per heavy atom. The highest BCUT2D eigenvalue weighted by atomic mass is 35.5. The lowest BCUT2D eigenvalue weighted by Gasteiger charge is -2.05. The molecule has 3 aromatic rings. The quantitative estimate of drug-likeness (QED) is 0.771. The lowest BCUT2D eigenvalue weighted by molar-refractivity contribution is 0.607. The highest BCUT2D eigenvalue weighted by molar-refractivity contribution is 7.92. The Morgan fingerprint density at radius 2 is 2.20 bits per heavy atom. The zero-order valence-corrected chi connectivity index (χ0v) is 11.9. The highest BCUT2D eigenvalue weighted by Gasteiger charge is 2.11. The summed E-state index contributed by atoms with van der Waals surface area (Å²) >= 11 is 6.05. The molecule has 0 spiro atoms. The van der Waals surface area contributed by atoms with Crippen LogP contribution in [0.2, 0.25) is 5.02 Å². The van der Waals surface area contributed by atoms with E-state index in [4.69, 9.17) is 11.6 Å². The van der Waals surface area contributed by atoms with Gasteiger partial charge in [0.15, 0.2) is 0 Å². The van der Waals surface area contributed by atoms with Crippen LogP contribution in [-0.4, -0.2) is 34.4 Å². The number of nitrogens with zero attached hydrogens (tertiary/aromatic N) is 3. The second kappa shape index (κ2) is 4.50. The van der Waals surface area contributed by atoms with Gasteiger partial charge in [0.1, 0.15) is 0 Å². The van der Waals surface area contributed by atoms with E-state index in [9.17, 15) is 8.42 Å². The van der Waals surface area contributed by atoms with Gasteiger partial charge < -0.3 is 4.98 Å². The Bertz CT molecular complexity index is 870. The van der Waals surface area contributed by atoms with Crippen molar-refractivity contribution in [3.05, 3.63) is 35.6 Å². The molecule has 0 saturated carbocycles. The molecule has 0 saturated heterocycles. The molecule has 0 unspecified atom stereocenters. The van der Waals surface area contributed by atoms with Gasteiger partial charge in [-0.25, -0.2) is 18.1 Å². The predicted molar refractivity (Wildman–Crippen MR) is 76.7 cm³/mol. The van der Waals surface area contributed by atoms with Gasteiger partial charge in [0.05, 0.1) is 28.0 Å². The molecule has 0 aliphatic carbocycles. The van der Waals surface area contributed by atoms with Crippen LogP contribution in [0.4, 0.5) is 5.69 Å². The van der Waals surface area contributed by atoms with Gasteiger partial charge in [0.25, 0.3) is 0 Å². The SMILES string of the molecule is CS(=O)(=O)Nc1cc2nc(-n3cccn3)[nH]c2cc1Cl. The second-order valence-corrected chi connectivity index (χ2v) is 6.39. The van der Waals surface area contributed by atoms with Crippen molar-refractivity contribution in [2.45, 2.75) is 0 Å². The second-order valence-electron chi connectivity index (χ2n) is 4.23. The number of hydrogen-bond donors (Lipinski definition) is 2. The summed E-state index contributed by atoms with van der Waals surface area (Å²) in [5, 5.41) is 4.35. The van der Waals surface area contributed by atoms with E-state index in [1.807, 2.05) is 0 Å². The summed E-state index contributed by atoms with van der Waals surface area (Å²) in [7, 11) is -3.39. The fourth-order valence-electron chi connectivity index (χ4n) is 1.80. The van der Waals surface area contributed by atoms with Gasteiger partial charge in [0.2, 0.25) is 16.0 Å². The van der Waals surface area contributed by atoms with E-state index in [1.165, 1.54) is 0 Å². The standard InChI is InChI=1S/C11H10ClN5O2S/c1-20(18,19)16-8-6-10-9(5-7(8)12)14-11(15-10)17-4-2-3-13-17/h2-6,16H,1H3,(H,14,15). The molecule has 2 N–H and O–H groups in total. The van der Waals surface area contributed by atoms with Crippen molar-refractivity contribution in [3.63, 3.8) is 0 Å². The van der Waals surface area contributed by atoms with E-state index in [2.05, 4.69) is 19.8 Å². The number of imidazole rings is 1. The van der Waals surface area contributed by atoms with Gasteiger partial charge in [-0.05, 0) is 18.2 Å². The van der Waals surface area contributed by atoms with Gasteiger partial charge in [-0.3, -0.25) is 4.72 Å². The fourth-order valence-corrected chi connectivity index (χ4v) is 2.63. The minimum atomic E-state index is -3.39. The summed E-state index contributed by atoms with van der Waals surface area (Å²) < 4.78 is 26.5. The topological polar surface area (TPSA) is 92.7 Å². The Morgan fingerprint density at radius 1 is 1.40 bits per heavy atom. The number of aromatic nitrogens is 4. The van der Waals surface area contributed by atoms with Crippen molar-refractivity contribution in [1.82, 2.24) is 19.7 Å². The molecule has 3 rings (SSSR count). The van der Waals surface area contributed by atoms with Gasteiger partial charge in [-0.15, -0.1) is 0 Å². The first-order valence-corrected chi connectivity index (χ1v) is 7.86. The van der Waals surface area contributed by atoms with Crippen LogP contribution in [0, 0.1) is 0 Å². The molecule has 0 aliphatic heterocycles. The maximum Gasteiger partial charge on any atom is 0.229 e. The molecule has 7 nitrogen and oxygen atoms in total. The normalized spacial score (nSPS) is 11.9. The summed E-state index contributed by atoms with van der Waals surface area (Å²) in [6.07, 6.45) is 4.44. The van der Waals surface area contributed by atoms with E-state index in [0.29, 0.717) is 27.7 Å². The number of anilines is 1. The van der Waals surface area contributed by atoms with Crippen LogP contribution in [0.25, 0.3) is 17.0 Å². The third-order valence-electron chi connectivity index (χ3n) is 2.57. The van der Waals surface area contributed by atoms with Gasteiger partial charge in [0, 0.05) is 12.4 Å². The third-order valence-corrected chi connectivity index (χ3v) is 3.48. The van der Waals surface area contributed by atoms with Crippen molar-refractivity contribution in [3.8, 4) is 5.95 Å².